The van der Waals surface area contributed by atoms with E-state index in [9.17, 15) is 13.6 Å². The smallest absolute Gasteiger partial charge is 0.387 e. The lowest BCUT2D eigenvalue weighted by Gasteiger charge is -2.29. The SMILES string of the molecule is CC(C)CNC(C)(C(N)=O)c1ccc(OC(F)F)cc1. The Morgan fingerprint density at radius 1 is 1.35 bits per heavy atom. The first-order valence-corrected chi connectivity index (χ1v) is 6.36. The van der Waals surface area contributed by atoms with Gasteiger partial charge in [0.1, 0.15) is 11.3 Å². The fourth-order valence-electron chi connectivity index (χ4n) is 1.71. The van der Waals surface area contributed by atoms with Gasteiger partial charge in [-0.3, -0.25) is 10.1 Å². The van der Waals surface area contributed by atoms with Crippen LogP contribution in [0.25, 0.3) is 0 Å². The molecule has 0 radical (unpaired) electrons. The molecule has 0 aliphatic heterocycles. The molecule has 1 atom stereocenters. The number of benzene rings is 1. The maximum atomic E-state index is 12.1. The molecular weight excluding hydrogens is 266 g/mol. The van der Waals surface area contributed by atoms with E-state index in [1.807, 2.05) is 13.8 Å². The highest BCUT2D eigenvalue weighted by atomic mass is 19.3. The number of primary amides is 1. The summed E-state index contributed by atoms with van der Waals surface area (Å²) < 4.78 is 28.4. The molecule has 0 aliphatic rings. The number of hydrogen-bond donors (Lipinski definition) is 2. The molecule has 0 aromatic heterocycles. The summed E-state index contributed by atoms with van der Waals surface area (Å²) in [6.45, 7) is 3.42. The van der Waals surface area contributed by atoms with Gasteiger partial charge in [0.05, 0.1) is 0 Å². The molecule has 112 valence electrons. The van der Waals surface area contributed by atoms with Gasteiger partial charge in [-0.25, -0.2) is 0 Å². The van der Waals surface area contributed by atoms with Crippen LogP contribution in [-0.2, 0) is 10.3 Å². The van der Waals surface area contributed by atoms with E-state index in [1.165, 1.54) is 12.1 Å². The van der Waals surface area contributed by atoms with Crippen LogP contribution in [0.15, 0.2) is 24.3 Å². The van der Waals surface area contributed by atoms with E-state index in [0.717, 1.165) is 0 Å². The first kappa shape index (κ1) is 16.4. The van der Waals surface area contributed by atoms with Crippen LogP contribution in [-0.4, -0.2) is 19.1 Å². The van der Waals surface area contributed by atoms with Crippen LogP contribution >= 0.6 is 0 Å². The van der Waals surface area contributed by atoms with Crippen molar-refractivity contribution in [2.24, 2.45) is 11.7 Å². The molecule has 1 rings (SSSR count). The number of alkyl halides is 2. The van der Waals surface area contributed by atoms with Gasteiger partial charge >= 0.3 is 6.61 Å². The van der Waals surface area contributed by atoms with Crippen LogP contribution in [0.3, 0.4) is 0 Å². The number of ether oxygens (including phenoxy) is 1. The average Bonchev–Trinajstić information content (AvgIpc) is 2.35. The van der Waals surface area contributed by atoms with Gasteiger partial charge in [0, 0.05) is 0 Å². The Morgan fingerprint density at radius 2 is 1.90 bits per heavy atom. The van der Waals surface area contributed by atoms with Gasteiger partial charge in [-0.15, -0.1) is 0 Å². The Morgan fingerprint density at radius 3 is 2.30 bits per heavy atom. The monoisotopic (exact) mass is 286 g/mol. The molecule has 0 spiro atoms. The normalized spacial score (nSPS) is 14.3. The molecule has 20 heavy (non-hydrogen) atoms. The third kappa shape index (κ3) is 4.16. The van der Waals surface area contributed by atoms with Crippen molar-refractivity contribution in [3.63, 3.8) is 0 Å². The largest absolute Gasteiger partial charge is 0.435 e. The van der Waals surface area contributed by atoms with E-state index < -0.39 is 18.1 Å². The number of carbonyl (C=O) groups is 1. The first-order chi connectivity index (χ1) is 9.25. The van der Waals surface area contributed by atoms with Crippen molar-refractivity contribution < 1.29 is 18.3 Å². The van der Waals surface area contributed by atoms with E-state index in [1.54, 1.807) is 19.1 Å². The summed E-state index contributed by atoms with van der Waals surface area (Å²) in [6.07, 6.45) is 0. The highest BCUT2D eigenvalue weighted by molar-refractivity contribution is 5.85. The molecule has 1 unspecified atom stereocenters. The fourth-order valence-corrected chi connectivity index (χ4v) is 1.71. The molecule has 0 saturated carbocycles. The van der Waals surface area contributed by atoms with Crippen molar-refractivity contribution in [3.05, 3.63) is 29.8 Å². The van der Waals surface area contributed by atoms with E-state index in [-0.39, 0.29) is 5.75 Å². The second-order valence-electron chi connectivity index (χ2n) is 5.17. The van der Waals surface area contributed by atoms with Gasteiger partial charge in [0.2, 0.25) is 5.91 Å². The number of nitrogens with one attached hydrogen (secondary N) is 1. The summed E-state index contributed by atoms with van der Waals surface area (Å²) in [5.74, 6) is -0.143. The maximum Gasteiger partial charge on any atom is 0.387 e. The van der Waals surface area contributed by atoms with Crippen molar-refractivity contribution in [2.45, 2.75) is 32.9 Å². The molecule has 0 bridgehead atoms. The minimum atomic E-state index is -2.87. The van der Waals surface area contributed by atoms with E-state index in [0.29, 0.717) is 18.0 Å². The zero-order valence-corrected chi connectivity index (χ0v) is 11.8. The minimum absolute atomic E-state index is 0.0411. The molecule has 4 nitrogen and oxygen atoms in total. The summed E-state index contributed by atoms with van der Waals surface area (Å²) in [5, 5.41) is 3.11. The Kier molecular flexibility index (Phi) is 5.44. The van der Waals surface area contributed by atoms with Crippen LogP contribution in [0, 0.1) is 5.92 Å². The number of halogens is 2. The van der Waals surface area contributed by atoms with Crippen molar-refractivity contribution in [1.82, 2.24) is 5.32 Å². The van der Waals surface area contributed by atoms with Gasteiger partial charge in [-0.2, -0.15) is 8.78 Å². The van der Waals surface area contributed by atoms with Gasteiger partial charge in [0.15, 0.2) is 0 Å². The molecule has 1 aromatic carbocycles. The predicted molar refractivity (Wildman–Crippen MR) is 72.5 cm³/mol. The third-order valence-electron chi connectivity index (χ3n) is 3.01. The summed E-state index contributed by atoms with van der Waals surface area (Å²) in [6, 6.07) is 5.88. The molecule has 0 heterocycles. The van der Waals surface area contributed by atoms with Crippen molar-refractivity contribution >= 4 is 5.91 Å². The Hall–Kier alpha value is -1.69. The second kappa shape index (κ2) is 6.65. The van der Waals surface area contributed by atoms with Crippen molar-refractivity contribution in [2.75, 3.05) is 6.54 Å². The van der Waals surface area contributed by atoms with Gasteiger partial charge < -0.3 is 10.5 Å². The summed E-state index contributed by atoms with van der Waals surface area (Å²) in [5.41, 5.74) is 5.01. The van der Waals surface area contributed by atoms with E-state index in [2.05, 4.69) is 10.1 Å². The zero-order chi connectivity index (χ0) is 15.3. The number of carbonyl (C=O) groups excluding carboxylic acids is 1. The molecule has 0 fully saturated rings. The summed E-state index contributed by atoms with van der Waals surface area (Å²) in [4.78, 5) is 11.7. The maximum absolute atomic E-state index is 12.1. The number of rotatable bonds is 7. The van der Waals surface area contributed by atoms with Gasteiger partial charge in [0.25, 0.3) is 0 Å². The molecule has 1 amide bonds. The Balaban J connectivity index is 2.94. The van der Waals surface area contributed by atoms with E-state index >= 15 is 0 Å². The topological polar surface area (TPSA) is 64.3 Å². The number of hydrogen-bond acceptors (Lipinski definition) is 3. The number of amides is 1. The van der Waals surface area contributed by atoms with Crippen molar-refractivity contribution in [1.29, 1.82) is 0 Å². The molecule has 6 heteroatoms. The lowest BCUT2D eigenvalue weighted by molar-refractivity contribution is -0.124. The quantitative estimate of drug-likeness (QED) is 0.808. The summed E-state index contributed by atoms with van der Waals surface area (Å²) >= 11 is 0. The van der Waals surface area contributed by atoms with Crippen LogP contribution < -0.4 is 15.8 Å². The molecule has 3 N–H and O–H groups in total. The molecule has 0 saturated heterocycles. The zero-order valence-electron chi connectivity index (χ0n) is 11.8. The highest BCUT2D eigenvalue weighted by Gasteiger charge is 2.32. The Bertz CT molecular complexity index is 449. The second-order valence-corrected chi connectivity index (χ2v) is 5.17. The standard InChI is InChI=1S/C14H20F2N2O2/c1-9(2)8-18-14(3,12(17)19)10-4-6-11(7-5-10)20-13(15)16/h4-7,9,13,18H,8H2,1-3H3,(H2,17,19). The Labute approximate surface area is 117 Å². The van der Waals surface area contributed by atoms with Crippen molar-refractivity contribution in [3.8, 4) is 5.75 Å². The average molecular weight is 286 g/mol. The molecule has 0 aliphatic carbocycles. The lowest BCUT2D eigenvalue weighted by Crippen LogP contribution is -2.51. The molecule has 1 aromatic rings. The molecular formula is C14H20F2N2O2. The third-order valence-corrected chi connectivity index (χ3v) is 3.01. The van der Waals surface area contributed by atoms with Gasteiger partial charge in [-0.05, 0) is 37.1 Å². The fraction of sp³-hybridized carbons (Fsp3) is 0.500. The van der Waals surface area contributed by atoms with Crippen LogP contribution in [0.4, 0.5) is 8.78 Å². The lowest BCUT2D eigenvalue weighted by atomic mass is 9.90. The van der Waals surface area contributed by atoms with E-state index in [4.69, 9.17) is 5.73 Å². The van der Waals surface area contributed by atoms with Crippen LogP contribution in [0.5, 0.6) is 5.75 Å². The highest BCUT2D eigenvalue weighted by Crippen LogP contribution is 2.24. The minimum Gasteiger partial charge on any atom is -0.435 e. The van der Waals surface area contributed by atoms with Crippen LogP contribution in [0.1, 0.15) is 26.3 Å². The predicted octanol–water partition coefficient (Wildman–Crippen LogP) is 2.23. The summed E-state index contributed by atoms with van der Waals surface area (Å²) in [7, 11) is 0. The van der Waals surface area contributed by atoms with Gasteiger partial charge in [-0.1, -0.05) is 26.0 Å². The first-order valence-electron chi connectivity index (χ1n) is 6.36. The number of nitrogens with two attached hydrogens (primary N) is 1. The van der Waals surface area contributed by atoms with Crippen LogP contribution in [0.2, 0.25) is 0 Å².